The summed E-state index contributed by atoms with van der Waals surface area (Å²) in [6.45, 7) is 7.98. The Kier molecular flexibility index (Phi) is 6.85. The molecule has 2 aromatic carbocycles. The van der Waals surface area contributed by atoms with E-state index in [2.05, 4.69) is 26.1 Å². The molecule has 0 atom stereocenters. The summed E-state index contributed by atoms with van der Waals surface area (Å²) in [7, 11) is 4.82. The van der Waals surface area contributed by atoms with Crippen LogP contribution in [0.25, 0.3) is 22.3 Å². The lowest BCUT2D eigenvalue weighted by molar-refractivity contribution is 0.298. The molecule has 0 saturated heterocycles. The molecular formula is C24H31N3O4. The first-order valence-electron chi connectivity index (χ1n) is 10.3. The smallest absolute Gasteiger partial charge is 0.261 e. The molecule has 0 aliphatic rings. The molecule has 0 radical (unpaired) electrons. The third-order valence-corrected chi connectivity index (χ3v) is 4.94. The Bertz CT molecular complexity index is 1100. The number of nitrogens with zero attached hydrogens (tertiary/aromatic N) is 2. The summed E-state index contributed by atoms with van der Waals surface area (Å²) in [5.41, 5.74) is 1.35. The van der Waals surface area contributed by atoms with Gasteiger partial charge in [0, 0.05) is 24.2 Å². The lowest BCUT2D eigenvalue weighted by Crippen LogP contribution is -2.36. The second-order valence-corrected chi connectivity index (χ2v) is 8.43. The van der Waals surface area contributed by atoms with Crippen LogP contribution in [0.15, 0.2) is 41.2 Å². The van der Waals surface area contributed by atoms with Crippen LogP contribution >= 0.6 is 0 Å². The van der Waals surface area contributed by atoms with Gasteiger partial charge in [-0.3, -0.25) is 9.36 Å². The summed E-state index contributed by atoms with van der Waals surface area (Å²) in [5.74, 6) is 2.40. The summed E-state index contributed by atoms with van der Waals surface area (Å²) < 4.78 is 18.0. The third kappa shape index (κ3) is 5.35. The van der Waals surface area contributed by atoms with Crippen LogP contribution < -0.4 is 25.1 Å². The number of rotatable bonds is 8. The van der Waals surface area contributed by atoms with Crippen molar-refractivity contribution in [1.82, 2.24) is 14.9 Å². The molecule has 0 spiro atoms. The highest BCUT2D eigenvalue weighted by molar-refractivity contribution is 5.83. The topological polar surface area (TPSA) is 74.6 Å². The Labute approximate surface area is 183 Å². The van der Waals surface area contributed by atoms with E-state index >= 15 is 0 Å². The van der Waals surface area contributed by atoms with Gasteiger partial charge in [-0.25, -0.2) is 4.98 Å². The van der Waals surface area contributed by atoms with E-state index in [1.165, 1.54) is 0 Å². The standard InChI is InChI=1S/C24H31N3O4/c1-24(2,3)25-12-7-13-31-17-10-8-16(9-11-17)22-26-19-15-21(30-6)20(29-5)14-18(19)23(28)27(22)4/h8-11,14-15,25H,7,12-13H2,1-6H3. The van der Waals surface area contributed by atoms with Crippen LogP contribution in [0, 0.1) is 0 Å². The van der Waals surface area contributed by atoms with Gasteiger partial charge in [-0.05, 0) is 64.1 Å². The number of methoxy groups -OCH3 is 2. The summed E-state index contributed by atoms with van der Waals surface area (Å²) >= 11 is 0. The molecule has 7 heteroatoms. The summed E-state index contributed by atoms with van der Waals surface area (Å²) in [6.07, 6.45) is 0.922. The van der Waals surface area contributed by atoms with Gasteiger partial charge < -0.3 is 19.5 Å². The van der Waals surface area contributed by atoms with Crippen molar-refractivity contribution < 1.29 is 14.2 Å². The molecule has 1 heterocycles. The van der Waals surface area contributed by atoms with E-state index < -0.39 is 0 Å². The summed E-state index contributed by atoms with van der Waals surface area (Å²) in [6, 6.07) is 11.0. The number of ether oxygens (including phenoxy) is 3. The van der Waals surface area contributed by atoms with Crippen LogP contribution in [0.5, 0.6) is 17.2 Å². The summed E-state index contributed by atoms with van der Waals surface area (Å²) in [5, 5.41) is 3.92. The Morgan fingerprint density at radius 1 is 1.03 bits per heavy atom. The predicted octanol–water partition coefficient (Wildman–Crippen LogP) is 3.77. The lowest BCUT2D eigenvalue weighted by Gasteiger charge is -2.20. The van der Waals surface area contributed by atoms with Crippen molar-refractivity contribution in [2.45, 2.75) is 32.7 Å². The minimum atomic E-state index is -0.146. The number of hydrogen-bond acceptors (Lipinski definition) is 6. The first kappa shape index (κ1) is 22.6. The Hall–Kier alpha value is -3.06. The van der Waals surface area contributed by atoms with Gasteiger partial charge in [-0.2, -0.15) is 0 Å². The number of aromatic nitrogens is 2. The highest BCUT2D eigenvalue weighted by Crippen LogP contribution is 2.31. The van der Waals surface area contributed by atoms with Crippen LogP contribution in [0.3, 0.4) is 0 Å². The predicted molar refractivity (Wildman–Crippen MR) is 123 cm³/mol. The minimum Gasteiger partial charge on any atom is -0.494 e. The maximum Gasteiger partial charge on any atom is 0.261 e. The largest absolute Gasteiger partial charge is 0.494 e. The van der Waals surface area contributed by atoms with Gasteiger partial charge in [-0.1, -0.05) is 0 Å². The number of fused-ring (bicyclic) bond motifs is 1. The zero-order chi connectivity index (χ0) is 22.6. The van der Waals surface area contributed by atoms with Gasteiger partial charge in [0.1, 0.15) is 11.6 Å². The van der Waals surface area contributed by atoms with Crippen molar-refractivity contribution in [3.63, 3.8) is 0 Å². The molecule has 0 bridgehead atoms. The van der Waals surface area contributed by atoms with Crippen LogP contribution in [0.1, 0.15) is 27.2 Å². The maximum absolute atomic E-state index is 12.9. The number of benzene rings is 2. The van der Waals surface area contributed by atoms with E-state index in [4.69, 9.17) is 19.2 Å². The van der Waals surface area contributed by atoms with Gasteiger partial charge in [0.15, 0.2) is 11.5 Å². The average Bonchev–Trinajstić information content (AvgIpc) is 2.75. The van der Waals surface area contributed by atoms with E-state index in [-0.39, 0.29) is 11.1 Å². The maximum atomic E-state index is 12.9. The third-order valence-electron chi connectivity index (χ3n) is 4.94. The molecule has 0 fully saturated rings. The molecule has 0 amide bonds. The van der Waals surface area contributed by atoms with Gasteiger partial charge in [0.25, 0.3) is 5.56 Å². The Morgan fingerprint density at radius 2 is 1.68 bits per heavy atom. The highest BCUT2D eigenvalue weighted by Gasteiger charge is 2.14. The van der Waals surface area contributed by atoms with Crippen molar-refractivity contribution in [1.29, 1.82) is 0 Å². The van der Waals surface area contributed by atoms with Gasteiger partial charge in [0.05, 0.1) is 31.7 Å². The van der Waals surface area contributed by atoms with E-state index in [9.17, 15) is 4.79 Å². The van der Waals surface area contributed by atoms with Crippen molar-refractivity contribution in [3.8, 4) is 28.6 Å². The van der Waals surface area contributed by atoms with E-state index in [0.29, 0.717) is 34.8 Å². The quantitative estimate of drug-likeness (QED) is 0.554. The van der Waals surface area contributed by atoms with Crippen molar-refractivity contribution in [2.75, 3.05) is 27.4 Å². The molecule has 0 saturated carbocycles. The first-order chi connectivity index (χ1) is 14.7. The molecular weight excluding hydrogens is 394 g/mol. The molecule has 0 aliphatic carbocycles. The Balaban J connectivity index is 1.80. The zero-order valence-corrected chi connectivity index (χ0v) is 19.1. The monoisotopic (exact) mass is 425 g/mol. The molecule has 3 aromatic rings. The molecule has 7 nitrogen and oxygen atoms in total. The van der Waals surface area contributed by atoms with Gasteiger partial charge in [0.2, 0.25) is 0 Å². The van der Waals surface area contributed by atoms with E-state index in [1.54, 1.807) is 38.0 Å². The SMILES string of the molecule is COc1cc2nc(-c3ccc(OCCCNC(C)(C)C)cc3)n(C)c(=O)c2cc1OC. The van der Waals surface area contributed by atoms with Crippen molar-refractivity contribution in [2.24, 2.45) is 7.05 Å². The molecule has 1 aromatic heterocycles. The fourth-order valence-corrected chi connectivity index (χ4v) is 3.28. The van der Waals surface area contributed by atoms with Crippen LogP contribution in [0.4, 0.5) is 0 Å². The van der Waals surface area contributed by atoms with E-state index in [1.807, 2.05) is 24.3 Å². The Morgan fingerprint density at radius 3 is 2.29 bits per heavy atom. The van der Waals surface area contributed by atoms with Crippen LogP contribution in [-0.2, 0) is 7.05 Å². The molecule has 0 aliphatic heterocycles. The highest BCUT2D eigenvalue weighted by atomic mass is 16.5. The lowest BCUT2D eigenvalue weighted by atomic mass is 10.1. The fourth-order valence-electron chi connectivity index (χ4n) is 3.28. The second kappa shape index (κ2) is 9.39. The van der Waals surface area contributed by atoms with E-state index in [0.717, 1.165) is 24.3 Å². The summed E-state index contributed by atoms with van der Waals surface area (Å²) in [4.78, 5) is 17.6. The zero-order valence-electron chi connectivity index (χ0n) is 19.1. The fraction of sp³-hybridized carbons (Fsp3) is 0.417. The average molecular weight is 426 g/mol. The second-order valence-electron chi connectivity index (χ2n) is 8.43. The van der Waals surface area contributed by atoms with Crippen molar-refractivity contribution >= 4 is 10.9 Å². The normalized spacial score (nSPS) is 11.5. The molecule has 0 unspecified atom stereocenters. The van der Waals surface area contributed by atoms with Gasteiger partial charge >= 0.3 is 0 Å². The van der Waals surface area contributed by atoms with Crippen LogP contribution in [0.2, 0.25) is 0 Å². The molecule has 31 heavy (non-hydrogen) atoms. The van der Waals surface area contributed by atoms with Crippen LogP contribution in [-0.4, -0.2) is 42.5 Å². The number of nitrogens with one attached hydrogen (secondary N) is 1. The van der Waals surface area contributed by atoms with Crippen molar-refractivity contribution in [3.05, 3.63) is 46.8 Å². The molecule has 166 valence electrons. The molecule has 3 rings (SSSR count). The first-order valence-corrected chi connectivity index (χ1v) is 10.3. The minimum absolute atomic E-state index is 0.111. The molecule has 1 N–H and O–H groups in total. The number of hydrogen-bond donors (Lipinski definition) is 1. The van der Waals surface area contributed by atoms with Gasteiger partial charge in [-0.15, -0.1) is 0 Å².